The molecule has 37 heavy (non-hydrogen) atoms. The Labute approximate surface area is 215 Å². The summed E-state index contributed by atoms with van der Waals surface area (Å²) >= 11 is 0. The number of H-pyrrole nitrogens is 1. The fourth-order valence-electron chi connectivity index (χ4n) is 3.91. The molecule has 3 aromatic rings. The van der Waals surface area contributed by atoms with E-state index in [9.17, 15) is 9.59 Å². The Morgan fingerprint density at radius 2 is 1.81 bits per heavy atom. The summed E-state index contributed by atoms with van der Waals surface area (Å²) in [4.78, 5) is 31.5. The Morgan fingerprint density at radius 3 is 2.49 bits per heavy atom. The van der Waals surface area contributed by atoms with E-state index < -0.39 is 0 Å². The van der Waals surface area contributed by atoms with E-state index in [2.05, 4.69) is 26.6 Å². The molecular weight excluding hydrogens is 468 g/mol. The van der Waals surface area contributed by atoms with Gasteiger partial charge in [0.05, 0.1) is 53.7 Å². The molecule has 0 saturated carbocycles. The van der Waals surface area contributed by atoms with Gasteiger partial charge in [-0.15, -0.1) is 0 Å². The Bertz CT molecular complexity index is 1380. The highest BCUT2D eigenvalue weighted by Crippen LogP contribution is 2.26. The van der Waals surface area contributed by atoms with Gasteiger partial charge in [-0.2, -0.15) is 10.4 Å². The predicted octanol–water partition coefficient (Wildman–Crippen LogP) is 4.13. The van der Waals surface area contributed by atoms with Crippen molar-refractivity contribution in [2.75, 3.05) is 31.6 Å². The topological polar surface area (TPSA) is 124 Å². The van der Waals surface area contributed by atoms with E-state index in [1.54, 1.807) is 35.4 Å². The summed E-state index contributed by atoms with van der Waals surface area (Å²) in [5.41, 5.74) is 5.05. The second kappa shape index (κ2) is 11.9. The highest BCUT2D eigenvalue weighted by atomic mass is 16.5. The van der Waals surface area contributed by atoms with Crippen molar-refractivity contribution in [1.82, 2.24) is 20.1 Å². The van der Waals surface area contributed by atoms with Crippen molar-refractivity contribution in [3.8, 4) is 28.6 Å². The first-order chi connectivity index (χ1) is 18.0. The molecule has 2 N–H and O–H groups in total. The highest BCUT2D eigenvalue weighted by Gasteiger charge is 2.22. The number of nitriles is 1. The van der Waals surface area contributed by atoms with Crippen molar-refractivity contribution in [2.24, 2.45) is 0 Å². The van der Waals surface area contributed by atoms with Crippen molar-refractivity contribution in [2.45, 2.75) is 20.3 Å². The lowest BCUT2D eigenvalue weighted by atomic mass is 10.0. The minimum absolute atomic E-state index is 0.157. The van der Waals surface area contributed by atoms with Crippen LogP contribution in [0.5, 0.6) is 0 Å². The van der Waals surface area contributed by atoms with Crippen LogP contribution in [0, 0.1) is 11.3 Å². The summed E-state index contributed by atoms with van der Waals surface area (Å²) < 4.78 is 5.36. The number of rotatable bonds is 5. The summed E-state index contributed by atoms with van der Waals surface area (Å²) in [6, 6.07) is 18.3. The molecule has 0 unspecified atom stereocenters. The Morgan fingerprint density at radius 1 is 1.08 bits per heavy atom. The maximum atomic E-state index is 13.2. The maximum absolute atomic E-state index is 13.2. The smallest absolute Gasteiger partial charge is 0.256 e. The molecule has 2 amide bonds. The lowest BCUT2D eigenvalue weighted by Crippen LogP contribution is -2.41. The van der Waals surface area contributed by atoms with E-state index in [1.807, 2.05) is 37.3 Å². The number of nitrogens with one attached hydrogen (secondary N) is 2. The molecule has 1 saturated heterocycles. The molecular formula is C28H28N6O3. The van der Waals surface area contributed by atoms with E-state index in [1.165, 1.54) is 6.92 Å². The summed E-state index contributed by atoms with van der Waals surface area (Å²) in [5.74, 6) is -0.431. The number of nitrogens with zero attached hydrogens (tertiary/aromatic N) is 4. The Kier molecular flexibility index (Phi) is 8.23. The summed E-state index contributed by atoms with van der Waals surface area (Å²) in [6.45, 7) is 5.41. The van der Waals surface area contributed by atoms with E-state index in [4.69, 9.17) is 10.00 Å². The second-order valence-electron chi connectivity index (χ2n) is 8.49. The van der Waals surface area contributed by atoms with E-state index in [0.717, 1.165) is 11.3 Å². The minimum atomic E-state index is -0.273. The van der Waals surface area contributed by atoms with Gasteiger partial charge in [-0.1, -0.05) is 25.1 Å². The normalized spacial score (nSPS) is 12.8. The largest absolute Gasteiger partial charge is 0.378 e. The third-order valence-corrected chi connectivity index (χ3v) is 5.93. The van der Waals surface area contributed by atoms with Crippen molar-refractivity contribution < 1.29 is 14.3 Å². The minimum Gasteiger partial charge on any atom is -0.378 e. The fourth-order valence-corrected chi connectivity index (χ4v) is 3.91. The Hall–Kier alpha value is -4.55. The molecule has 2 heterocycles. The molecule has 9 nitrogen and oxygen atoms in total. The monoisotopic (exact) mass is 496 g/mol. The van der Waals surface area contributed by atoms with Gasteiger partial charge in [-0.25, -0.2) is 0 Å². The van der Waals surface area contributed by atoms with Gasteiger partial charge < -0.3 is 15.0 Å². The summed E-state index contributed by atoms with van der Waals surface area (Å²) in [7, 11) is 0. The maximum Gasteiger partial charge on any atom is 0.256 e. The van der Waals surface area contributed by atoms with Gasteiger partial charge in [-0.3, -0.25) is 19.7 Å². The van der Waals surface area contributed by atoms with Gasteiger partial charge in [0.25, 0.3) is 5.91 Å². The fraction of sp³-hybridized carbons (Fsp3) is 0.250. The van der Waals surface area contributed by atoms with Crippen LogP contribution in [0.15, 0.2) is 60.8 Å². The number of morpholine rings is 1. The third-order valence-electron chi connectivity index (χ3n) is 5.93. The molecule has 2 aromatic carbocycles. The molecule has 1 aliphatic rings. The van der Waals surface area contributed by atoms with Crippen LogP contribution in [0.4, 0.5) is 5.69 Å². The molecule has 0 bridgehead atoms. The average molecular weight is 497 g/mol. The number of benzene rings is 2. The zero-order valence-corrected chi connectivity index (χ0v) is 20.8. The van der Waals surface area contributed by atoms with Crippen molar-refractivity contribution in [3.05, 3.63) is 77.6 Å². The number of hydrogen-bond donors (Lipinski definition) is 2. The molecule has 0 atom stereocenters. The lowest BCUT2D eigenvalue weighted by molar-refractivity contribution is -0.114. The molecule has 0 radical (unpaired) electrons. The molecule has 1 aliphatic heterocycles. The molecule has 1 fully saturated rings. The number of anilines is 1. The molecule has 0 spiro atoms. The quantitative estimate of drug-likeness (QED) is 0.547. The van der Waals surface area contributed by atoms with Crippen LogP contribution in [0.3, 0.4) is 0 Å². The standard InChI is InChI=1S/C28H28N6O3/c1-3-23-9-11-25(32-33-27(18-30-23)21-6-4-20(17-29)5-7-21)22-8-10-24(26(16-22)31-19(2)35)28(36)34-12-14-37-15-13-34/h4-11,16,18,33H,3,12-15H2,1-2H3,(H,31,35). The Balaban J connectivity index is 1.79. The first-order valence-electron chi connectivity index (χ1n) is 12.1. The van der Waals surface area contributed by atoms with E-state index >= 15 is 0 Å². The van der Waals surface area contributed by atoms with Gasteiger partial charge >= 0.3 is 0 Å². The summed E-state index contributed by atoms with van der Waals surface area (Å²) in [6.07, 6.45) is 2.43. The number of carbonyl (C=O) groups is 2. The lowest BCUT2D eigenvalue weighted by Gasteiger charge is -2.27. The van der Waals surface area contributed by atoms with Crippen LogP contribution in [0.2, 0.25) is 0 Å². The predicted molar refractivity (Wildman–Crippen MR) is 140 cm³/mol. The van der Waals surface area contributed by atoms with Crippen LogP contribution in [0.25, 0.3) is 22.5 Å². The molecule has 1 aromatic heterocycles. The first-order valence-corrected chi connectivity index (χ1v) is 12.1. The van der Waals surface area contributed by atoms with Crippen LogP contribution >= 0.6 is 0 Å². The van der Waals surface area contributed by atoms with Gasteiger partial charge in [0, 0.05) is 36.8 Å². The summed E-state index contributed by atoms with van der Waals surface area (Å²) in [5, 5.41) is 19.6. The van der Waals surface area contributed by atoms with Gasteiger partial charge in [-0.05, 0) is 42.8 Å². The SMILES string of the molecule is CCc1ccc(-c2ccc(C(=O)N3CCOCC3)c(NC(C)=O)c2)n[nH]c(-c2ccc(C#N)cc2)cn1. The number of amides is 2. The van der Waals surface area contributed by atoms with E-state index in [0.29, 0.717) is 66.5 Å². The van der Waals surface area contributed by atoms with Gasteiger partial charge in [0.15, 0.2) is 0 Å². The van der Waals surface area contributed by atoms with Crippen molar-refractivity contribution in [1.29, 1.82) is 5.26 Å². The zero-order chi connectivity index (χ0) is 26.2. The van der Waals surface area contributed by atoms with Crippen molar-refractivity contribution >= 4 is 17.5 Å². The average Bonchev–Trinajstić information content (AvgIpc) is 3.03. The number of aryl methyl sites for hydroxylation is 1. The van der Waals surface area contributed by atoms with Gasteiger partial charge in [0.1, 0.15) is 0 Å². The van der Waals surface area contributed by atoms with Crippen molar-refractivity contribution in [3.63, 3.8) is 0 Å². The first kappa shape index (κ1) is 25.5. The van der Waals surface area contributed by atoms with Gasteiger partial charge in [0.2, 0.25) is 5.91 Å². The van der Waals surface area contributed by atoms with Crippen LogP contribution < -0.4 is 5.32 Å². The molecule has 4 rings (SSSR count). The number of carbonyl (C=O) groups excluding carboxylic acids is 2. The zero-order valence-electron chi connectivity index (χ0n) is 20.8. The number of aromatic amines is 1. The number of ether oxygens (including phenoxy) is 1. The third kappa shape index (κ3) is 6.37. The number of aromatic nitrogens is 3. The van der Waals surface area contributed by atoms with Crippen LogP contribution in [-0.4, -0.2) is 58.2 Å². The molecule has 9 heteroatoms. The molecule has 0 aliphatic carbocycles. The van der Waals surface area contributed by atoms with Crippen LogP contribution in [-0.2, 0) is 16.0 Å². The molecule has 188 valence electrons. The van der Waals surface area contributed by atoms with Crippen LogP contribution in [0.1, 0.15) is 35.5 Å². The highest BCUT2D eigenvalue weighted by molar-refractivity contribution is 6.04. The van der Waals surface area contributed by atoms with E-state index in [-0.39, 0.29) is 11.8 Å². The number of hydrogen-bond acceptors (Lipinski definition) is 6. The second-order valence-corrected chi connectivity index (χ2v) is 8.49.